The van der Waals surface area contributed by atoms with E-state index in [0.29, 0.717) is 17.4 Å². The Balaban J connectivity index is 2.54. The normalized spacial score (nSPS) is 12.5. The molecule has 2 nitrogen and oxygen atoms in total. The van der Waals surface area contributed by atoms with Crippen molar-refractivity contribution in [2.75, 3.05) is 6.61 Å². The molecule has 90 valence electrons. The highest BCUT2D eigenvalue weighted by atomic mass is 35.5. The summed E-state index contributed by atoms with van der Waals surface area (Å²) in [6.07, 6.45) is 2.90. The second-order valence-corrected chi connectivity index (χ2v) is 4.33. The van der Waals surface area contributed by atoms with Gasteiger partial charge in [-0.25, -0.2) is 0 Å². The molecule has 0 aliphatic heterocycles. The Bertz CT molecular complexity index is 324. The Morgan fingerprint density at radius 3 is 2.69 bits per heavy atom. The largest absolute Gasteiger partial charge is 0.492 e. The molecule has 0 amide bonds. The Morgan fingerprint density at radius 1 is 1.38 bits per heavy atom. The summed E-state index contributed by atoms with van der Waals surface area (Å²) in [4.78, 5) is 0. The highest BCUT2D eigenvalue weighted by Crippen LogP contribution is 2.27. The third-order valence-corrected chi connectivity index (χ3v) is 2.74. The predicted molar refractivity (Wildman–Crippen MR) is 67.1 cm³/mol. The zero-order valence-electron chi connectivity index (χ0n) is 9.87. The molecule has 16 heavy (non-hydrogen) atoms. The second kappa shape index (κ2) is 6.77. The molecule has 0 saturated heterocycles. The maximum absolute atomic E-state index is 9.39. The first-order chi connectivity index (χ1) is 7.65. The number of hydrogen-bond donors (Lipinski definition) is 1. The lowest BCUT2D eigenvalue weighted by Gasteiger charge is -2.10. The van der Waals surface area contributed by atoms with Crippen molar-refractivity contribution in [1.82, 2.24) is 0 Å². The van der Waals surface area contributed by atoms with Crippen LogP contribution in [0.3, 0.4) is 0 Å². The average Bonchev–Trinajstić information content (AvgIpc) is 2.26. The third-order valence-electron chi connectivity index (χ3n) is 2.44. The maximum Gasteiger partial charge on any atom is 0.137 e. The van der Waals surface area contributed by atoms with Gasteiger partial charge in [0.05, 0.1) is 17.7 Å². The molecule has 0 aliphatic carbocycles. The van der Waals surface area contributed by atoms with Crippen LogP contribution in [0.25, 0.3) is 0 Å². The predicted octanol–water partition coefficient (Wildman–Crippen LogP) is 3.96. The molecule has 0 spiro atoms. The maximum atomic E-state index is 9.39. The van der Waals surface area contributed by atoms with E-state index in [9.17, 15) is 5.11 Å². The quantitative estimate of drug-likeness (QED) is 0.765. The van der Waals surface area contributed by atoms with Gasteiger partial charge in [-0.3, -0.25) is 0 Å². The molecule has 0 aromatic heterocycles. The lowest BCUT2D eigenvalue weighted by Crippen LogP contribution is -1.98. The van der Waals surface area contributed by atoms with Gasteiger partial charge in [0.25, 0.3) is 0 Å². The van der Waals surface area contributed by atoms with Crippen molar-refractivity contribution >= 4 is 11.6 Å². The zero-order chi connectivity index (χ0) is 12.0. The number of aliphatic hydroxyl groups excluding tert-OH is 1. The van der Waals surface area contributed by atoms with E-state index in [-0.39, 0.29) is 0 Å². The minimum Gasteiger partial charge on any atom is -0.492 e. The van der Waals surface area contributed by atoms with Gasteiger partial charge in [0.2, 0.25) is 0 Å². The summed E-state index contributed by atoms with van der Waals surface area (Å²) in [6, 6.07) is 5.41. The zero-order valence-corrected chi connectivity index (χ0v) is 10.6. The average molecular weight is 243 g/mol. The van der Waals surface area contributed by atoms with E-state index in [1.54, 1.807) is 13.0 Å². The van der Waals surface area contributed by atoms with Gasteiger partial charge in [-0.15, -0.1) is 0 Å². The first kappa shape index (κ1) is 13.3. The van der Waals surface area contributed by atoms with Gasteiger partial charge in [0.15, 0.2) is 0 Å². The smallest absolute Gasteiger partial charge is 0.137 e. The van der Waals surface area contributed by atoms with Gasteiger partial charge in [-0.05, 0) is 31.0 Å². The SMILES string of the molecule is CCCCCOc1ccc([C@@H](C)O)cc1Cl. The fourth-order valence-corrected chi connectivity index (χ4v) is 1.67. The van der Waals surface area contributed by atoms with Gasteiger partial charge in [-0.2, -0.15) is 0 Å². The Kier molecular flexibility index (Phi) is 5.64. The highest BCUT2D eigenvalue weighted by Gasteiger charge is 2.06. The molecule has 0 heterocycles. The fraction of sp³-hybridized carbons (Fsp3) is 0.538. The number of hydrogen-bond acceptors (Lipinski definition) is 2. The van der Waals surface area contributed by atoms with Crippen LogP contribution in [0.2, 0.25) is 5.02 Å². The number of unbranched alkanes of at least 4 members (excludes halogenated alkanes) is 2. The van der Waals surface area contributed by atoms with E-state index in [2.05, 4.69) is 6.92 Å². The molecule has 0 bridgehead atoms. The lowest BCUT2D eigenvalue weighted by molar-refractivity contribution is 0.199. The minimum absolute atomic E-state index is 0.494. The number of halogens is 1. The summed E-state index contributed by atoms with van der Waals surface area (Å²) < 4.78 is 5.56. The van der Waals surface area contributed by atoms with Gasteiger partial charge in [0, 0.05) is 0 Å². The Hall–Kier alpha value is -0.730. The summed E-state index contributed by atoms with van der Waals surface area (Å²) in [6.45, 7) is 4.57. The van der Waals surface area contributed by atoms with E-state index in [1.165, 1.54) is 12.8 Å². The molecule has 0 aliphatic rings. The van der Waals surface area contributed by atoms with Crippen molar-refractivity contribution in [3.8, 4) is 5.75 Å². The number of ether oxygens (including phenoxy) is 1. The molecule has 1 N–H and O–H groups in total. The molecule has 0 fully saturated rings. The summed E-state index contributed by atoms with van der Waals surface area (Å²) >= 11 is 6.05. The molecule has 0 unspecified atom stereocenters. The van der Waals surface area contributed by atoms with Crippen LogP contribution in [-0.2, 0) is 0 Å². The number of benzene rings is 1. The first-order valence-electron chi connectivity index (χ1n) is 5.75. The van der Waals surface area contributed by atoms with E-state index in [4.69, 9.17) is 16.3 Å². The van der Waals surface area contributed by atoms with Crippen LogP contribution in [0.5, 0.6) is 5.75 Å². The van der Waals surface area contributed by atoms with Crippen molar-refractivity contribution in [3.63, 3.8) is 0 Å². The monoisotopic (exact) mass is 242 g/mol. The molecule has 1 rings (SSSR count). The summed E-state index contributed by atoms with van der Waals surface area (Å²) in [7, 11) is 0. The van der Waals surface area contributed by atoms with Crippen LogP contribution in [0.15, 0.2) is 18.2 Å². The topological polar surface area (TPSA) is 29.5 Å². The molecule has 0 saturated carbocycles. The summed E-state index contributed by atoms with van der Waals surface area (Å²) in [5.74, 6) is 0.696. The molecule has 0 radical (unpaired) electrons. The van der Waals surface area contributed by atoms with Gasteiger partial charge < -0.3 is 9.84 Å². The Labute approximate surface area is 102 Å². The van der Waals surface area contributed by atoms with Gasteiger partial charge in [0.1, 0.15) is 5.75 Å². The second-order valence-electron chi connectivity index (χ2n) is 3.92. The van der Waals surface area contributed by atoms with Crippen LogP contribution in [0.4, 0.5) is 0 Å². The molecule has 1 atom stereocenters. The van der Waals surface area contributed by atoms with Crippen molar-refractivity contribution < 1.29 is 9.84 Å². The summed E-state index contributed by atoms with van der Waals surface area (Å²) in [5.41, 5.74) is 0.811. The van der Waals surface area contributed by atoms with E-state index in [0.717, 1.165) is 12.0 Å². The van der Waals surface area contributed by atoms with Crippen molar-refractivity contribution in [3.05, 3.63) is 28.8 Å². The molecule has 1 aromatic carbocycles. The van der Waals surface area contributed by atoms with Gasteiger partial charge in [-0.1, -0.05) is 37.4 Å². The lowest BCUT2D eigenvalue weighted by atomic mass is 10.1. The summed E-state index contributed by atoms with van der Waals surface area (Å²) in [5, 5.41) is 9.95. The first-order valence-corrected chi connectivity index (χ1v) is 6.13. The molecular weight excluding hydrogens is 224 g/mol. The molecular formula is C13H19ClO2. The Morgan fingerprint density at radius 2 is 2.12 bits per heavy atom. The third kappa shape index (κ3) is 4.03. The van der Waals surface area contributed by atoms with Crippen LogP contribution in [0, 0.1) is 0 Å². The number of rotatable bonds is 6. The van der Waals surface area contributed by atoms with Crippen molar-refractivity contribution in [2.45, 2.75) is 39.2 Å². The minimum atomic E-state index is -0.494. The van der Waals surface area contributed by atoms with Gasteiger partial charge >= 0.3 is 0 Å². The molecule has 3 heteroatoms. The van der Waals surface area contributed by atoms with Crippen LogP contribution in [-0.4, -0.2) is 11.7 Å². The van der Waals surface area contributed by atoms with Crippen molar-refractivity contribution in [1.29, 1.82) is 0 Å². The van der Waals surface area contributed by atoms with E-state index >= 15 is 0 Å². The van der Waals surface area contributed by atoms with E-state index < -0.39 is 6.10 Å². The standard InChI is InChI=1S/C13H19ClO2/c1-3-4-5-8-16-13-7-6-11(10(2)15)9-12(13)14/h6-7,9-10,15H,3-5,8H2,1-2H3/t10-/m1/s1. The van der Waals surface area contributed by atoms with Crippen molar-refractivity contribution in [2.24, 2.45) is 0 Å². The fourth-order valence-electron chi connectivity index (χ4n) is 1.43. The molecule has 1 aromatic rings. The van der Waals surface area contributed by atoms with E-state index in [1.807, 2.05) is 12.1 Å². The van der Waals surface area contributed by atoms with Crippen LogP contribution in [0.1, 0.15) is 44.8 Å². The highest BCUT2D eigenvalue weighted by molar-refractivity contribution is 6.32. The number of aliphatic hydroxyl groups is 1. The van der Waals surface area contributed by atoms with Crippen LogP contribution < -0.4 is 4.74 Å². The van der Waals surface area contributed by atoms with Crippen LogP contribution >= 0.6 is 11.6 Å².